The molecule has 0 bridgehead atoms. The number of benzene rings is 3. The number of rotatable bonds is 5. The molecule has 5 nitrogen and oxygen atoms in total. The maximum absolute atomic E-state index is 13.3. The zero-order valence-corrected chi connectivity index (χ0v) is 17.6. The molecule has 0 saturated carbocycles. The molecular weight excluding hydrogens is 378 g/mol. The van der Waals surface area contributed by atoms with Crippen LogP contribution in [-0.2, 0) is 11.2 Å². The number of carbonyl (C=O) groups excluding carboxylic acids is 1. The van der Waals surface area contributed by atoms with Crippen molar-refractivity contribution in [1.29, 1.82) is 0 Å². The fourth-order valence-electron chi connectivity index (χ4n) is 3.99. The predicted octanol–water partition coefficient (Wildman–Crippen LogP) is 4.70. The van der Waals surface area contributed by atoms with Gasteiger partial charge in [0, 0.05) is 5.69 Å². The van der Waals surface area contributed by atoms with Crippen molar-refractivity contribution in [1.82, 2.24) is 0 Å². The first-order valence-corrected chi connectivity index (χ1v) is 9.83. The van der Waals surface area contributed by atoms with E-state index in [0.29, 0.717) is 17.9 Å². The minimum atomic E-state index is -0.283. The van der Waals surface area contributed by atoms with Crippen molar-refractivity contribution in [2.45, 2.75) is 19.4 Å². The average Bonchev–Trinajstić information content (AvgIpc) is 2.78. The number of amides is 1. The van der Waals surface area contributed by atoms with Crippen LogP contribution in [0.3, 0.4) is 0 Å². The Morgan fingerprint density at radius 1 is 0.833 bits per heavy atom. The normalized spacial score (nSPS) is 15.5. The zero-order chi connectivity index (χ0) is 21.3. The Bertz CT molecular complexity index is 1060. The maximum Gasteiger partial charge on any atom is 0.232 e. The molecule has 3 aromatic rings. The van der Waals surface area contributed by atoms with Gasteiger partial charge in [-0.1, -0.05) is 29.8 Å². The number of nitrogens with zero attached hydrogens (tertiary/aromatic N) is 1. The van der Waals surface area contributed by atoms with Crippen molar-refractivity contribution in [3.63, 3.8) is 0 Å². The summed E-state index contributed by atoms with van der Waals surface area (Å²) < 4.78 is 16.3. The van der Waals surface area contributed by atoms with Crippen molar-refractivity contribution in [3.8, 4) is 17.2 Å². The third-order valence-electron chi connectivity index (χ3n) is 5.55. The Kier molecular flexibility index (Phi) is 5.36. The number of hydrogen-bond acceptors (Lipinski definition) is 4. The van der Waals surface area contributed by atoms with Crippen molar-refractivity contribution in [2.75, 3.05) is 26.2 Å². The second kappa shape index (κ2) is 8.11. The smallest absolute Gasteiger partial charge is 0.232 e. The summed E-state index contributed by atoms with van der Waals surface area (Å²) in [6, 6.07) is 19.5. The third kappa shape index (κ3) is 3.47. The molecule has 30 heavy (non-hydrogen) atoms. The van der Waals surface area contributed by atoms with Gasteiger partial charge in [0.1, 0.15) is 5.75 Å². The summed E-state index contributed by atoms with van der Waals surface area (Å²) >= 11 is 0. The number of aryl methyl sites for hydroxylation is 1. The van der Waals surface area contributed by atoms with Gasteiger partial charge in [-0.25, -0.2) is 0 Å². The fraction of sp³-hybridized carbons (Fsp3) is 0.240. The van der Waals surface area contributed by atoms with Gasteiger partial charge in [0.05, 0.1) is 33.8 Å². The number of fused-ring (bicyclic) bond motifs is 1. The molecule has 0 saturated heterocycles. The van der Waals surface area contributed by atoms with Crippen molar-refractivity contribution < 1.29 is 19.0 Å². The molecule has 3 aromatic carbocycles. The monoisotopic (exact) mass is 403 g/mol. The van der Waals surface area contributed by atoms with Gasteiger partial charge >= 0.3 is 0 Å². The van der Waals surface area contributed by atoms with E-state index in [9.17, 15) is 4.79 Å². The van der Waals surface area contributed by atoms with E-state index in [-0.39, 0.29) is 11.9 Å². The summed E-state index contributed by atoms with van der Waals surface area (Å²) in [6.07, 6.45) is 0.302. The first-order chi connectivity index (χ1) is 14.5. The van der Waals surface area contributed by atoms with E-state index in [1.807, 2.05) is 72.5 Å². The number of methoxy groups -OCH3 is 3. The molecule has 1 atom stereocenters. The van der Waals surface area contributed by atoms with Gasteiger partial charge in [-0.15, -0.1) is 0 Å². The van der Waals surface area contributed by atoms with Crippen molar-refractivity contribution in [2.24, 2.45) is 0 Å². The Labute approximate surface area is 176 Å². The van der Waals surface area contributed by atoms with Crippen LogP contribution in [0.2, 0.25) is 0 Å². The lowest BCUT2D eigenvalue weighted by atomic mass is 9.86. The molecule has 0 spiro atoms. The topological polar surface area (TPSA) is 48.0 Å². The molecule has 0 N–H and O–H groups in total. The van der Waals surface area contributed by atoms with E-state index in [2.05, 4.69) is 0 Å². The van der Waals surface area contributed by atoms with Crippen LogP contribution in [0.4, 0.5) is 5.69 Å². The molecule has 0 fully saturated rings. The summed E-state index contributed by atoms with van der Waals surface area (Å²) in [5, 5.41) is 0. The highest BCUT2D eigenvalue weighted by atomic mass is 16.5. The fourth-order valence-corrected chi connectivity index (χ4v) is 3.99. The summed E-state index contributed by atoms with van der Waals surface area (Å²) in [7, 11) is 4.87. The summed E-state index contributed by atoms with van der Waals surface area (Å²) in [4.78, 5) is 15.2. The molecule has 5 heteroatoms. The van der Waals surface area contributed by atoms with Gasteiger partial charge in [-0.3, -0.25) is 4.79 Å². The van der Waals surface area contributed by atoms with Gasteiger partial charge in [0.2, 0.25) is 5.91 Å². The van der Waals surface area contributed by atoms with Gasteiger partial charge in [-0.2, -0.15) is 0 Å². The summed E-state index contributed by atoms with van der Waals surface area (Å²) in [5.41, 5.74) is 4.99. The molecule has 154 valence electrons. The first-order valence-electron chi connectivity index (χ1n) is 9.83. The standard InChI is InChI=1S/C25H25NO4/c1-16-5-9-19(10-6-16)26-24(27)14-18-13-22(29-3)23(30-4)15-21(18)25(26)17-7-11-20(28-2)12-8-17/h5-13,15,25H,14H2,1-4H3/t25-/m1/s1. The van der Waals surface area contributed by atoms with Crippen LogP contribution in [0, 0.1) is 6.92 Å². The van der Waals surface area contributed by atoms with Crippen LogP contribution in [0.1, 0.15) is 28.3 Å². The second-order valence-electron chi connectivity index (χ2n) is 7.36. The minimum absolute atomic E-state index is 0.0411. The maximum atomic E-state index is 13.3. The van der Waals surface area contributed by atoms with Gasteiger partial charge < -0.3 is 19.1 Å². The lowest BCUT2D eigenvalue weighted by Gasteiger charge is -2.38. The highest BCUT2D eigenvalue weighted by Crippen LogP contribution is 2.43. The third-order valence-corrected chi connectivity index (χ3v) is 5.55. The predicted molar refractivity (Wildman–Crippen MR) is 117 cm³/mol. The highest BCUT2D eigenvalue weighted by molar-refractivity contribution is 5.98. The minimum Gasteiger partial charge on any atom is -0.497 e. The van der Waals surface area contributed by atoms with E-state index in [1.165, 1.54) is 0 Å². The summed E-state index contributed by atoms with van der Waals surface area (Å²) in [6.45, 7) is 2.04. The molecule has 0 radical (unpaired) electrons. The molecule has 1 aliphatic rings. The second-order valence-corrected chi connectivity index (χ2v) is 7.36. The Balaban J connectivity index is 1.92. The van der Waals surface area contributed by atoms with E-state index in [0.717, 1.165) is 33.7 Å². The molecule has 0 aliphatic carbocycles. The molecule has 0 unspecified atom stereocenters. The van der Waals surface area contributed by atoms with E-state index in [4.69, 9.17) is 14.2 Å². The number of hydrogen-bond donors (Lipinski definition) is 0. The molecule has 1 heterocycles. The zero-order valence-electron chi connectivity index (χ0n) is 17.6. The number of ether oxygens (including phenoxy) is 3. The van der Waals surface area contributed by atoms with Crippen LogP contribution in [0.5, 0.6) is 17.2 Å². The van der Waals surface area contributed by atoms with E-state index >= 15 is 0 Å². The molecular formula is C25H25NO4. The number of anilines is 1. The quantitative estimate of drug-likeness (QED) is 0.620. The molecule has 1 amide bonds. The van der Waals surface area contributed by atoms with Crippen LogP contribution >= 0.6 is 0 Å². The average molecular weight is 403 g/mol. The lowest BCUT2D eigenvalue weighted by molar-refractivity contribution is -0.118. The van der Waals surface area contributed by atoms with Crippen molar-refractivity contribution >= 4 is 11.6 Å². The first kappa shape index (κ1) is 19.8. The van der Waals surface area contributed by atoms with Crippen molar-refractivity contribution in [3.05, 3.63) is 82.9 Å². The van der Waals surface area contributed by atoms with Gasteiger partial charge in [0.15, 0.2) is 11.5 Å². The van der Waals surface area contributed by atoms with Gasteiger partial charge in [-0.05, 0) is 60.0 Å². The molecule has 4 rings (SSSR count). The highest BCUT2D eigenvalue weighted by Gasteiger charge is 2.35. The van der Waals surface area contributed by atoms with Gasteiger partial charge in [0.25, 0.3) is 0 Å². The summed E-state index contributed by atoms with van der Waals surface area (Å²) in [5.74, 6) is 2.09. The van der Waals surface area contributed by atoms with E-state index in [1.54, 1.807) is 21.3 Å². The number of carbonyl (C=O) groups is 1. The Hall–Kier alpha value is -3.47. The molecule has 0 aromatic heterocycles. The Morgan fingerprint density at radius 3 is 2.07 bits per heavy atom. The molecule has 1 aliphatic heterocycles. The van der Waals surface area contributed by atoms with Crippen LogP contribution < -0.4 is 19.1 Å². The largest absolute Gasteiger partial charge is 0.497 e. The Morgan fingerprint density at radius 2 is 1.47 bits per heavy atom. The van der Waals surface area contributed by atoms with Crippen LogP contribution in [0.15, 0.2) is 60.7 Å². The van der Waals surface area contributed by atoms with E-state index < -0.39 is 0 Å². The SMILES string of the molecule is COc1ccc([C@@H]2c3cc(OC)c(OC)cc3CC(=O)N2c2ccc(C)cc2)cc1. The van der Waals surface area contributed by atoms with Crippen LogP contribution in [0.25, 0.3) is 0 Å². The van der Waals surface area contributed by atoms with Crippen LogP contribution in [-0.4, -0.2) is 27.2 Å². The lowest BCUT2D eigenvalue weighted by Crippen LogP contribution is -2.41.